The summed E-state index contributed by atoms with van der Waals surface area (Å²) in [6.45, 7) is 2.03. The second-order valence-corrected chi connectivity index (χ2v) is 6.42. The van der Waals surface area contributed by atoms with Crippen LogP contribution in [-0.4, -0.2) is 5.91 Å². The summed E-state index contributed by atoms with van der Waals surface area (Å²) in [5.74, 6) is -0.359. The molecular weight excluding hydrogens is 325 g/mol. The molecule has 0 heterocycles. The van der Waals surface area contributed by atoms with Crippen molar-refractivity contribution >= 4 is 5.91 Å². The van der Waals surface area contributed by atoms with Gasteiger partial charge in [0, 0.05) is 6.42 Å². The van der Waals surface area contributed by atoms with Crippen LogP contribution in [0.3, 0.4) is 0 Å². The summed E-state index contributed by atoms with van der Waals surface area (Å²) in [6.07, 6.45) is 0.629. The molecule has 0 bridgehead atoms. The first-order valence-electron chi connectivity index (χ1n) is 8.78. The zero-order valence-electron chi connectivity index (χ0n) is 14.8. The molecule has 0 aliphatic rings. The van der Waals surface area contributed by atoms with Gasteiger partial charge in [0.2, 0.25) is 5.91 Å². The summed E-state index contributed by atoms with van der Waals surface area (Å²) in [7, 11) is 0. The molecule has 0 unspecified atom stereocenters. The zero-order chi connectivity index (χ0) is 18.4. The van der Waals surface area contributed by atoms with Crippen LogP contribution in [0.25, 0.3) is 0 Å². The van der Waals surface area contributed by atoms with Crippen molar-refractivity contribution in [1.29, 1.82) is 0 Å². The molecule has 3 aromatic rings. The summed E-state index contributed by atoms with van der Waals surface area (Å²) in [6, 6.07) is 24.4. The van der Waals surface area contributed by atoms with E-state index in [1.54, 1.807) is 18.2 Å². The topological polar surface area (TPSA) is 29.1 Å². The molecule has 0 spiro atoms. The fraction of sp³-hybridized carbons (Fsp3) is 0.174. The van der Waals surface area contributed by atoms with Crippen LogP contribution in [0.5, 0.6) is 0 Å². The monoisotopic (exact) mass is 347 g/mol. The van der Waals surface area contributed by atoms with Gasteiger partial charge in [-0.05, 0) is 36.1 Å². The molecule has 0 aromatic heterocycles. The number of benzene rings is 3. The van der Waals surface area contributed by atoms with Crippen molar-refractivity contribution in [3.63, 3.8) is 0 Å². The molecule has 132 valence electrons. The molecule has 0 saturated carbocycles. The van der Waals surface area contributed by atoms with Crippen LogP contribution in [0.1, 0.15) is 34.7 Å². The number of carbonyl (C=O) groups excluding carboxylic acids is 1. The maximum absolute atomic E-state index is 13.7. The van der Waals surface area contributed by atoms with Crippen molar-refractivity contribution in [2.45, 2.75) is 25.8 Å². The molecule has 3 aromatic carbocycles. The van der Waals surface area contributed by atoms with E-state index in [0.717, 1.165) is 16.7 Å². The quantitative estimate of drug-likeness (QED) is 0.670. The average Bonchev–Trinajstić information content (AvgIpc) is 2.66. The number of nitrogens with one attached hydrogen (secondary N) is 1. The fourth-order valence-corrected chi connectivity index (χ4v) is 3.04. The van der Waals surface area contributed by atoms with Crippen molar-refractivity contribution in [2.24, 2.45) is 0 Å². The molecule has 26 heavy (non-hydrogen) atoms. The Morgan fingerprint density at radius 1 is 0.923 bits per heavy atom. The Bertz CT molecular complexity index is 876. The number of amides is 1. The van der Waals surface area contributed by atoms with Gasteiger partial charge in [-0.1, -0.05) is 78.4 Å². The predicted octanol–water partition coefficient (Wildman–Crippen LogP) is 4.97. The lowest BCUT2D eigenvalue weighted by Gasteiger charge is -2.20. The number of carbonyl (C=O) groups is 1. The first-order valence-corrected chi connectivity index (χ1v) is 8.78. The van der Waals surface area contributed by atoms with E-state index in [9.17, 15) is 9.18 Å². The van der Waals surface area contributed by atoms with Crippen LogP contribution in [0.4, 0.5) is 4.39 Å². The summed E-state index contributed by atoms with van der Waals surface area (Å²) < 4.78 is 13.7. The van der Waals surface area contributed by atoms with Gasteiger partial charge in [0.15, 0.2) is 0 Å². The normalized spacial score (nSPS) is 11.8. The van der Waals surface area contributed by atoms with Crippen molar-refractivity contribution < 1.29 is 9.18 Å². The molecule has 0 saturated heterocycles. The maximum atomic E-state index is 13.7. The van der Waals surface area contributed by atoms with E-state index >= 15 is 0 Å². The first-order chi connectivity index (χ1) is 12.6. The molecule has 0 radical (unpaired) electrons. The summed E-state index contributed by atoms with van der Waals surface area (Å²) in [4.78, 5) is 12.5. The van der Waals surface area contributed by atoms with Gasteiger partial charge >= 0.3 is 0 Å². The Morgan fingerprint density at radius 3 is 2.35 bits per heavy atom. The van der Waals surface area contributed by atoms with E-state index in [-0.39, 0.29) is 24.2 Å². The fourth-order valence-electron chi connectivity index (χ4n) is 3.04. The highest BCUT2D eigenvalue weighted by atomic mass is 19.1. The van der Waals surface area contributed by atoms with Gasteiger partial charge in [0.25, 0.3) is 0 Å². The Kier molecular flexibility index (Phi) is 5.80. The number of halogens is 1. The van der Waals surface area contributed by atoms with Gasteiger partial charge in [-0.15, -0.1) is 0 Å². The Labute approximate surface area is 153 Å². The van der Waals surface area contributed by atoms with E-state index in [1.807, 2.05) is 55.5 Å². The van der Waals surface area contributed by atoms with Crippen LogP contribution in [0.15, 0.2) is 78.9 Å². The lowest BCUT2D eigenvalue weighted by atomic mass is 9.97. The smallest absolute Gasteiger partial charge is 0.221 e. The van der Waals surface area contributed by atoms with Gasteiger partial charge in [0.1, 0.15) is 5.82 Å². The highest BCUT2D eigenvalue weighted by Gasteiger charge is 2.17. The number of hydrogen-bond donors (Lipinski definition) is 1. The van der Waals surface area contributed by atoms with E-state index in [2.05, 4.69) is 11.4 Å². The zero-order valence-corrected chi connectivity index (χ0v) is 14.8. The van der Waals surface area contributed by atoms with Crippen molar-refractivity contribution in [3.8, 4) is 0 Å². The second-order valence-electron chi connectivity index (χ2n) is 6.42. The third kappa shape index (κ3) is 4.57. The highest BCUT2D eigenvalue weighted by molar-refractivity contribution is 5.77. The molecule has 1 amide bonds. The Morgan fingerprint density at radius 2 is 1.62 bits per heavy atom. The number of hydrogen-bond acceptors (Lipinski definition) is 1. The van der Waals surface area contributed by atoms with Crippen LogP contribution in [-0.2, 0) is 11.2 Å². The second kappa shape index (κ2) is 8.43. The van der Waals surface area contributed by atoms with E-state index < -0.39 is 0 Å². The molecule has 1 N–H and O–H groups in total. The highest BCUT2D eigenvalue weighted by Crippen LogP contribution is 2.23. The molecule has 3 rings (SSSR count). The van der Waals surface area contributed by atoms with E-state index in [4.69, 9.17) is 0 Å². The Balaban J connectivity index is 1.75. The van der Waals surface area contributed by atoms with E-state index in [0.29, 0.717) is 12.0 Å². The van der Waals surface area contributed by atoms with Crippen molar-refractivity contribution in [2.75, 3.05) is 0 Å². The number of rotatable bonds is 6. The van der Waals surface area contributed by atoms with Gasteiger partial charge in [0.05, 0.1) is 6.04 Å². The molecule has 0 aliphatic heterocycles. The van der Waals surface area contributed by atoms with Crippen molar-refractivity contribution in [3.05, 3.63) is 107 Å². The van der Waals surface area contributed by atoms with Crippen LogP contribution < -0.4 is 5.32 Å². The minimum absolute atomic E-state index is 0.0939. The molecule has 0 aliphatic carbocycles. The summed E-state index contributed by atoms with van der Waals surface area (Å²) in [5, 5.41) is 3.11. The standard InChI is InChI=1S/C23H22FNO/c1-17-8-7-12-20(16-17)23(19-10-3-2-4-11-19)25-22(26)15-14-18-9-5-6-13-21(18)24/h2-13,16,23H,14-15H2,1H3,(H,25,26)/t23-/m1/s1. The summed E-state index contributed by atoms with van der Waals surface area (Å²) >= 11 is 0. The molecule has 0 fully saturated rings. The van der Waals surface area contributed by atoms with Crippen LogP contribution >= 0.6 is 0 Å². The predicted molar refractivity (Wildman–Crippen MR) is 102 cm³/mol. The molecule has 2 nitrogen and oxygen atoms in total. The first kappa shape index (κ1) is 17.9. The van der Waals surface area contributed by atoms with Gasteiger partial charge in [-0.3, -0.25) is 4.79 Å². The van der Waals surface area contributed by atoms with Gasteiger partial charge in [-0.2, -0.15) is 0 Å². The lowest BCUT2D eigenvalue weighted by molar-refractivity contribution is -0.121. The van der Waals surface area contributed by atoms with Gasteiger partial charge < -0.3 is 5.32 Å². The third-order valence-electron chi connectivity index (χ3n) is 4.39. The SMILES string of the molecule is Cc1cccc([C@H](NC(=O)CCc2ccccc2F)c2ccccc2)c1. The number of aryl methyl sites for hydroxylation is 2. The van der Waals surface area contributed by atoms with E-state index in [1.165, 1.54) is 6.07 Å². The molecule has 1 atom stereocenters. The van der Waals surface area contributed by atoms with Crippen molar-refractivity contribution in [1.82, 2.24) is 5.32 Å². The largest absolute Gasteiger partial charge is 0.345 e. The van der Waals surface area contributed by atoms with Crippen LogP contribution in [0, 0.1) is 12.7 Å². The molecule has 3 heteroatoms. The molecular formula is C23H22FNO. The average molecular weight is 347 g/mol. The third-order valence-corrected chi connectivity index (χ3v) is 4.39. The van der Waals surface area contributed by atoms with Gasteiger partial charge in [-0.25, -0.2) is 4.39 Å². The minimum atomic E-state index is -0.265. The Hall–Kier alpha value is -2.94. The maximum Gasteiger partial charge on any atom is 0.221 e. The minimum Gasteiger partial charge on any atom is -0.345 e. The summed E-state index contributed by atoms with van der Waals surface area (Å²) in [5.41, 5.74) is 3.77. The lowest BCUT2D eigenvalue weighted by Crippen LogP contribution is -2.29. The van der Waals surface area contributed by atoms with Crippen LogP contribution in [0.2, 0.25) is 0 Å².